The quantitative estimate of drug-likeness (QED) is 0.744. The standard InChI is InChI=1S/C16H22N2O2/c1-2-12-20-15-8-4-3-6-13(15)9-11-18-16(19)14-7-5-10-17-14/h3-8,14,17H,2,9-12H2,1H3,(H,18,19)/t14-/m1/s1. The number of para-hydroxylation sites is 1. The minimum atomic E-state index is -0.179. The molecule has 0 bridgehead atoms. The molecule has 0 saturated carbocycles. The maximum atomic E-state index is 11.8. The van der Waals surface area contributed by atoms with Crippen LogP contribution in [0.25, 0.3) is 0 Å². The number of amides is 1. The minimum Gasteiger partial charge on any atom is -0.493 e. The zero-order valence-electron chi connectivity index (χ0n) is 11.9. The van der Waals surface area contributed by atoms with Gasteiger partial charge in [-0.05, 0) is 24.5 Å². The highest BCUT2D eigenvalue weighted by Gasteiger charge is 2.16. The van der Waals surface area contributed by atoms with Crippen molar-refractivity contribution in [2.24, 2.45) is 0 Å². The molecule has 4 nitrogen and oxygen atoms in total. The highest BCUT2D eigenvalue weighted by molar-refractivity contribution is 5.84. The summed E-state index contributed by atoms with van der Waals surface area (Å²) >= 11 is 0. The predicted molar refractivity (Wildman–Crippen MR) is 79.9 cm³/mol. The molecule has 1 aliphatic heterocycles. The molecule has 0 saturated heterocycles. The van der Waals surface area contributed by atoms with Crippen LogP contribution in [0.4, 0.5) is 0 Å². The lowest BCUT2D eigenvalue weighted by Gasteiger charge is -2.13. The van der Waals surface area contributed by atoms with E-state index in [-0.39, 0.29) is 11.9 Å². The van der Waals surface area contributed by atoms with Crippen LogP contribution in [0.5, 0.6) is 5.75 Å². The Morgan fingerprint density at radius 1 is 1.45 bits per heavy atom. The van der Waals surface area contributed by atoms with E-state index in [1.165, 1.54) is 0 Å². The van der Waals surface area contributed by atoms with E-state index < -0.39 is 0 Å². The van der Waals surface area contributed by atoms with E-state index in [0.717, 1.165) is 37.3 Å². The number of rotatable bonds is 7. The van der Waals surface area contributed by atoms with Crippen LogP contribution in [-0.2, 0) is 11.2 Å². The van der Waals surface area contributed by atoms with Crippen molar-refractivity contribution in [3.8, 4) is 5.75 Å². The predicted octanol–water partition coefficient (Wildman–Crippen LogP) is 1.66. The van der Waals surface area contributed by atoms with Crippen molar-refractivity contribution in [2.45, 2.75) is 25.8 Å². The highest BCUT2D eigenvalue weighted by Crippen LogP contribution is 2.18. The van der Waals surface area contributed by atoms with E-state index in [4.69, 9.17) is 4.74 Å². The van der Waals surface area contributed by atoms with Gasteiger partial charge in [-0.3, -0.25) is 10.1 Å². The average molecular weight is 274 g/mol. The first-order valence-corrected chi connectivity index (χ1v) is 7.19. The Hall–Kier alpha value is -1.81. The first-order valence-electron chi connectivity index (χ1n) is 7.19. The number of carbonyl (C=O) groups is 1. The molecule has 0 radical (unpaired) electrons. The van der Waals surface area contributed by atoms with Gasteiger partial charge in [0.25, 0.3) is 0 Å². The van der Waals surface area contributed by atoms with Gasteiger partial charge in [-0.2, -0.15) is 0 Å². The number of carbonyl (C=O) groups excluding carboxylic acids is 1. The summed E-state index contributed by atoms with van der Waals surface area (Å²) in [5, 5.41) is 6.04. The van der Waals surface area contributed by atoms with Crippen LogP contribution in [0.15, 0.2) is 36.4 Å². The van der Waals surface area contributed by atoms with Crippen LogP contribution in [0.2, 0.25) is 0 Å². The molecule has 0 aliphatic carbocycles. The normalized spacial score (nSPS) is 17.1. The molecule has 2 N–H and O–H groups in total. The van der Waals surface area contributed by atoms with Crippen LogP contribution in [-0.4, -0.2) is 31.6 Å². The zero-order valence-corrected chi connectivity index (χ0v) is 11.9. The van der Waals surface area contributed by atoms with Crippen molar-refractivity contribution < 1.29 is 9.53 Å². The molecule has 1 aliphatic rings. The number of ether oxygens (including phenoxy) is 1. The first-order chi connectivity index (χ1) is 9.81. The summed E-state index contributed by atoms with van der Waals surface area (Å²) in [7, 11) is 0. The van der Waals surface area contributed by atoms with Crippen molar-refractivity contribution in [3.63, 3.8) is 0 Å². The molecule has 0 aromatic heterocycles. The van der Waals surface area contributed by atoms with E-state index in [0.29, 0.717) is 6.54 Å². The van der Waals surface area contributed by atoms with Gasteiger partial charge in [0.2, 0.25) is 5.91 Å². The fourth-order valence-electron chi connectivity index (χ4n) is 2.14. The lowest BCUT2D eigenvalue weighted by Crippen LogP contribution is -2.41. The Morgan fingerprint density at radius 3 is 3.05 bits per heavy atom. The van der Waals surface area contributed by atoms with Gasteiger partial charge in [0.1, 0.15) is 11.8 Å². The van der Waals surface area contributed by atoms with Crippen LogP contribution in [0.3, 0.4) is 0 Å². The topological polar surface area (TPSA) is 50.4 Å². The van der Waals surface area contributed by atoms with Gasteiger partial charge >= 0.3 is 0 Å². The Labute approximate surface area is 120 Å². The van der Waals surface area contributed by atoms with Gasteiger partial charge in [-0.1, -0.05) is 37.3 Å². The van der Waals surface area contributed by atoms with E-state index >= 15 is 0 Å². The maximum Gasteiger partial charge on any atom is 0.241 e. The second kappa shape index (κ2) is 7.70. The van der Waals surface area contributed by atoms with Crippen molar-refractivity contribution in [2.75, 3.05) is 19.7 Å². The molecule has 108 valence electrons. The number of hydrogen-bond donors (Lipinski definition) is 2. The summed E-state index contributed by atoms with van der Waals surface area (Å²) in [4.78, 5) is 11.8. The number of benzene rings is 1. The van der Waals surface area contributed by atoms with Crippen molar-refractivity contribution in [1.29, 1.82) is 0 Å². The summed E-state index contributed by atoms with van der Waals surface area (Å²) < 4.78 is 5.71. The van der Waals surface area contributed by atoms with Crippen molar-refractivity contribution in [1.82, 2.24) is 10.6 Å². The summed E-state index contributed by atoms with van der Waals surface area (Å²) in [6.45, 7) is 4.20. The molecule has 0 unspecified atom stereocenters. The second-order valence-electron chi connectivity index (χ2n) is 4.81. The monoisotopic (exact) mass is 274 g/mol. The average Bonchev–Trinajstić information content (AvgIpc) is 3.00. The third-order valence-electron chi connectivity index (χ3n) is 3.19. The zero-order chi connectivity index (χ0) is 14.2. The smallest absolute Gasteiger partial charge is 0.241 e. The Balaban J connectivity index is 1.81. The summed E-state index contributed by atoms with van der Waals surface area (Å²) in [5.41, 5.74) is 1.14. The third-order valence-corrected chi connectivity index (χ3v) is 3.19. The summed E-state index contributed by atoms with van der Waals surface area (Å²) in [6.07, 6.45) is 5.64. The maximum absolute atomic E-state index is 11.8. The fraction of sp³-hybridized carbons (Fsp3) is 0.438. The van der Waals surface area contributed by atoms with Gasteiger partial charge in [0.05, 0.1) is 6.61 Å². The van der Waals surface area contributed by atoms with Crippen molar-refractivity contribution in [3.05, 3.63) is 42.0 Å². The molecule has 1 aromatic rings. The highest BCUT2D eigenvalue weighted by atomic mass is 16.5. The third kappa shape index (κ3) is 4.10. The van der Waals surface area contributed by atoms with Gasteiger partial charge in [0.15, 0.2) is 0 Å². The van der Waals surface area contributed by atoms with E-state index in [1.54, 1.807) is 0 Å². The minimum absolute atomic E-state index is 0.0331. The van der Waals surface area contributed by atoms with Crippen LogP contribution in [0, 0.1) is 0 Å². The Morgan fingerprint density at radius 2 is 2.30 bits per heavy atom. The summed E-state index contributed by atoms with van der Waals surface area (Å²) in [6, 6.07) is 7.82. The van der Waals surface area contributed by atoms with Crippen LogP contribution in [0.1, 0.15) is 18.9 Å². The lowest BCUT2D eigenvalue weighted by atomic mass is 10.1. The van der Waals surface area contributed by atoms with Crippen LogP contribution >= 0.6 is 0 Å². The largest absolute Gasteiger partial charge is 0.493 e. The Kier molecular flexibility index (Phi) is 5.62. The Bertz CT molecular complexity index is 471. The first kappa shape index (κ1) is 14.6. The van der Waals surface area contributed by atoms with Crippen molar-refractivity contribution >= 4 is 5.91 Å². The van der Waals surface area contributed by atoms with Gasteiger partial charge < -0.3 is 10.1 Å². The van der Waals surface area contributed by atoms with Gasteiger partial charge in [-0.25, -0.2) is 0 Å². The number of nitrogens with one attached hydrogen (secondary N) is 2. The molecule has 0 fully saturated rings. The molecule has 1 atom stereocenters. The SMILES string of the molecule is CCCOc1ccccc1CCNC(=O)[C@H]1C=CCN1. The molecule has 1 aromatic carbocycles. The van der Waals surface area contributed by atoms with E-state index in [2.05, 4.69) is 17.6 Å². The van der Waals surface area contributed by atoms with Crippen LogP contribution < -0.4 is 15.4 Å². The molecule has 2 rings (SSSR count). The van der Waals surface area contributed by atoms with E-state index in [9.17, 15) is 4.79 Å². The van der Waals surface area contributed by atoms with Gasteiger partial charge in [-0.15, -0.1) is 0 Å². The fourth-order valence-corrected chi connectivity index (χ4v) is 2.14. The molecule has 0 spiro atoms. The second-order valence-corrected chi connectivity index (χ2v) is 4.81. The van der Waals surface area contributed by atoms with E-state index in [1.807, 2.05) is 36.4 Å². The molecule has 4 heteroatoms. The molecule has 20 heavy (non-hydrogen) atoms. The molecular formula is C16H22N2O2. The van der Waals surface area contributed by atoms with Gasteiger partial charge in [0, 0.05) is 13.1 Å². The molecular weight excluding hydrogens is 252 g/mol. The molecule has 1 heterocycles. The lowest BCUT2D eigenvalue weighted by molar-refractivity contribution is -0.121. The summed E-state index contributed by atoms with van der Waals surface area (Å²) in [5.74, 6) is 0.952. The molecule has 1 amide bonds. The number of hydrogen-bond acceptors (Lipinski definition) is 3.